The van der Waals surface area contributed by atoms with Crippen molar-refractivity contribution in [1.29, 1.82) is 0 Å². The Kier molecular flexibility index (Phi) is 5.46. The fourth-order valence-corrected chi connectivity index (χ4v) is 2.69. The number of rotatable bonds is 6. The quantitative estimate of drug-likeness (QED) is 0.829. The number of benzene rings is 1. The number of furan rings is 1. The fourth-order valence-electron chi connectivity index (χ4n) is 2.69. The summed E-state index contributed by atoms with van der Waals surface area (Å²) in [6.07, 6.45) is 1.92. The largest absolute Gasteiger partial charge is 0.486 e. The summed E-state index contributed by atoms with van der Waals surface area (Å²) in [5.41, 5.74) is 0.584. The molecule has 26 heavy (non-hydrogen) atoms. The molecule has 138 valence electrons. The third-order valence-corrected chi connectivity index (χ3v) is 3.88. The number of carbonyl (C=O) groups excluding carboxylic acids is 2. The second-order valence-electron chi connectivity index (χ2n) is 6.48. The Morgan fingerprint density at radius 2 is 1.88 bits per heavy atom. The van der Waals surface area contributed by atoms with Crippen LogP contribution in [-0.2, 0) is 4.79 Å². The Labute approximate surface area is 151 Å². The van der Waals surface area contributed by atoms with Crippen LogP contribution in [0.1, 0.15) is 30.8 Å². The minimum atomic E-state index is -0.680. The minimum Gasteiger partial charge on any atom is -0.486 e. The van der Waals surface area contributed by atoms with E-state index < -0.39 is 11.9 Å². The van der Waals surface area contributed by atoms with E-state index in [1.165, 1.54) is 6.26 Å². The summed E-state index contributed by atoms with van der Waals surface area (Å²) in [4.78, 5) is 24.9. The number of amides is 2. The van der Waals surface area contributed by atoms with E-state index in [-0.39, 0.29) is 17.6 Å². The van der Waals surface area contributed by atoms with Crippen LogP contribution in [0.2, 0.25) is 0 Å². The highest BCUT2D eigenvalue weighted by Crippen LogP contribution is 2.32. The number of fused-ring (bicyclic) bond motifs is 1. The third-order valence-electron chi connectivity index (χ3n) is 3.88. The monoisotopic (exact) mass is 358 g/mol. The van der Waals surface area contributed by atoms with Gasteiger partial charge in [-0.3, -0.25) is 9.59 Å². The highest BCUT2D eigenvalue weighted by Gasteiger charge is 2.24. The molecule has 7 nitrogen and oxygen atoms in total. The molecule has 1 aromatic carbocycles. The molecule has 3 rings (SSSR count). The lowest BCUT2D eigenvalue weighted by Gasteiger charge is -2.21. The molecule has 1 aromatic heterocycles. The van der Waals surface area contributed by atoms with Crippen LogP contribution in [0, 0.1) is 5.92 Å². The van der Waals surface area contributed by atoms with Crippen LogP contribution in [0.5, 0.6) is 11.5 Å². The molecule has 0 aliphatic carbocycles. The fraction of sp³-hybridized carbons (Fsp3) is 0.368. The zero-order valence-corrected chi connectivity index (χ0v) is 14.8. The van der Waals surface area contributed by atoms with Gasteiger partial charge in [0.25, 0.3) is 5.91 Å². The zero-order chi connectivity index (χ0) is 18.5. The molecule has 1 atom stereocenters. The number of ether oxygens (including phenoxy) is 2. The lowest BCUT2D eigenvalue weighted by molar-refractivity contribution is -0.118. The number of hydrogen-bond donors (Lipinski definition) is 2. The number of nitrogens with one attached hydrogen (secondary N) is 2. The molecule has 0 spiro atoms. The molecule has 0 bridgehead atoms. The molecule has 0 saturated carbocycles. The van der Waals surface area contributed by atoms with Crippen LogP contribution in [0.3, 0.4) is 0 Å². The molecule has 1 aliphatic heterocycles. The van der Waals surface area contributed by atoms with Gasteiger partial charge >= 0.3 is 0 Å². The SMILES string of the molecule is CC(C)C[C@H](NC(=O)c1ccco1)C(=O)Nc1ccc2c(c1)OCCO2. The summed E-state index contributed by atoms with van der Waals surface area (Å²) >= 11 is 0. The van der Waals surface area contributed by atoms with Gasteiger partial charge in [-0.25, -0.2) is 0 Å². The van der Waals surface area contributed by atoms with E-state index in [9.17, 15) is 9.59 Å². The van der Waals surface area contributed by atoms with Crippen LogP contribution in [-0.4, -0.2) is 31.1 Å². The van der Waals surface area contributed by atoms with Crippen LogP contribution >= 0.6 is 0 Å². The smallest absolute Gasteiger partial charge is 0.287 e. The van der Waals surface area contributed by atoms with E-state index in [0.29, 0.717) is 36.8 Å². The average Bonchev–Trinajstić information content (AvgIpc) is 3.15. The maximum absolute atomic E-state index is 12.7. The molecule has 0 saturated heterocycles. The van der Waals surface area contributed by atoms with Gasteiger partial charge in [0.2, 0.25) is 5.91 Å². The van der Waals surface area contributed by atoms with Gasteiger partial charge in [-0.2, -0.15) is 0 Å². The maximum Gasteiger partial charge on any atom is 0.287 e. The lowest BCUT2D eigenvalue weighted by atomic mass is 10.0. The van der Waals surface area contributed by atoms with Gasteiger partial charge in [0.1, 0.15) is 19.3 Å². The molecule has 1 aliphatic rings. The van der Waals surface area contributed by atoms with Crippen molar-refractivity contribution in [3.63, 3.8) is 0 Å². The molecule has 2 heterocycles. The summed E-state index contributed by atoms with van der Waals surface area (Å²) in [5.74, 6) is 0.926. The van der Waals surface area contributed by atoms with Crippen LogP contribution in [0.25, 0.3) is 0 Å². The summed E-state index contributed by atoms with van der Waals surface area (Å²) in [6.45, 7) is 4.96. The molecule has 0 radical (unpaired) electrons. The predicted molar refractivity (Wildman–Crippen MR) is 95.5 cm³/mol. The first-order valence-electron chi connectivity index (χ1n) is 8.58. The van der Waals surface area contributed by atoms with Gasteiger partial charge in [-0.05, 0) is 36.6 Å². The van der Waals surface area contributed by atoms with Crippen molar-refractivity contribution in [3.05, 3.63) is 42.4 Å². The number of anilines is 1. The van der Waals surface area contributed by atoms with Gasteiger partial charge in [-0.1, -0.05) is 13.8 Å². The summed E-state index contributed by atoms with van der Waals surface area (Å²) in [6, 6.07) is 7.71. The molecule has 0 unspecified atom stereocenters. The average molecular weight is 358 g/mol. The molecule has 2 aromatic rings. The van der Waals surface area contributed by atoms with Gasteiger partial charge in [-0.15, -0.1) is 0 Å². The lowest BCUT2D eigenvalue weighted by Crippen LogP contribution is -2.44. The first kappa shape index (κ1) is 17.8. The predicted octanol–water partition coefficient (Wildman–Crippen LogP) is 2.83. The van der Waals surface area contributed by atoms with E-state index in [0.717, 1.165) is 0 Å². The van der Waals surface area contributed by atoms with Crippen molar-refractivity contribution < 1.29 is 23.5 Å². The van der Waals surface area contributed by atoms with E-state index in [2.05, 4.69) is 10.6 Å². The van der Waals surface area contributed by atoms with Crippen LogP contribution < -0.4 is 20.1 Å². The van der Waals surface area contributed by atoms with E-state index >= 15 is 0 Å². The summed E-state index contributed by atoms with van der Waals surface area (Å²) < 4.78 is 16.1. The summed E-state index contributed by atoms with van der Waals surface area (Å²) in [5, 5.41) is 5.56. The first-order valence-corrected chi connectivity index (χ1v) is 8.58. The Hall–Kier alpha value is -2.96. The van der Waals surface area contributed by atoms with Crippen molar-refractivity contribution in [1.82, 2.24) is 5.32 Å². The van der Waals surface area contributed by atoms with Crippen molar-refractivity contribution in [3.8, 4) is 11.5 Å². The number of carbonyl (C=O) groups is 2. The van der Waals surface area contributed by atoms with Crippen molar-refractivity contribution in [2.45, 2.75) is 26.3 Å². The molecular formula is C19H22N2O5. The van der Waals surface area contributed by atoms with Gasteiger partial charge in [0.05, 0.1) is 6.26 Å². The van der Waals surface area contributed by atoms with Gasteiger partial charge < -0.3 is 24.5 Å². The highest BCUT2D eigenvalue weighted by molar-refractivity contribution is 6.00. The normalized spacial score (nSPS) is 14.0. The Morgan fingerprint density at radius 3 is 2.58 bits per heavy atom. The van der Waals surface area contributed by atoms with E-state index in [4.69, 9.17) is 13.9 Å². The second kappa shape index (κ2) is 7.95. The molecule has 2 amide bonds. The minimum absolute atomic E-state index is 0.172. The molecule has 7 heteroatoms. The Morgan fingerprint density at radius 1 is 1.12 bits per heavy atom. The first-order chi connectivity index (χ1) is 12.5. The van der Waals surface area contributed by atoms with Crippen LogP contribution in [0.4, 0.5) is 5.69 Å². The standard InChI is InChI=1S/C19H22N2O5/c1-12(2)10-14(21-19(23)16-4-3-7-24-16)18(22)20-13-5-6-15-17(11-13)26-9-8-25-15/h3-7,11-12,14H,8-10H2,1-2H3,(H,20,22)(H,21,23)/t14-/m0/s1. The molecule has 0 fully saturated rings. The third kappa shape index (κ3) is 4.36. The van der Waals surface area contributed by atoms with Crippen molar-refractivity contribution >= 4 is 17.5 Å². The zero-order valence-electron chi connectivity index (χ0n) is 14.8. The molecule has 2 N–H and O–H groups in total. The molecular weight excluding hydrogens is 336 g/mol. The summed E-state index contributed by atoms with van der Waals surface area (Å²) in [7, 11) is 0. The Bertz CT molecular complexity index is 770. The van der Waals surface area contributed by atoms with Crippen molar-refractivity contribution in [2.24, 2.45) is 5.92 Å². The number of hydrogen-bond acceptors (Lipinski definition) is 5. The van der Waals surface area contributed by atoms with Gasteiger partial charge in [0.15, 0.2) is 17.3 Å². The van der Waals surface area contributed by atoms with Crippen LogP contribution in [0.15, 0.2) is 41.0 Å². The van der Waals surface area contributed by atoms with E-state index in [1.54, 1.807) is 30.3 Å². The van der Waals surface area contributed by atoms with E-state index in [1.807, 2.05) is 13.8 Å². The van der Waals surface area contributed by atoms with Gasteiger partial charge in [0, 0.05) is 11.8 Å². The Balaban J connectivity index is 1.69. The van der Waals surface area contributed by atoms with Crippen molar-refractivity contribution in [2.75, 3.05) is 18.5 Å². The maximum atomic E-state index is 12.7. The second-order valence-corrected chi connectivity index (χ2v) is 6.48. The topological polar surface area (TPSA) is 89.8 Å². The highest BCUT2D eigenvalue weighted by atomic mass is 16.6.